The molecule has 1 aromatic carbocycles. The maximum atomic E-state index is 12.2. The highest BCUT2D eigenvalue weighted by Crippen LogP contribution is 2.24. The third-order valence-electron chi connectivity index (χ3n) is 7.00. The van der Waals surface area contributed by atoms with E-state index in [1.165, 1.54) is 67.6 Å². The number of aryl methyl sites for hydroxylation is 3. The van der Waals surface area contributed by atoms with E-state index in [1.807, 2.05) is 4.90 Å². The summed E-state index contributed by atoms with van der Waals surface area (Å²) in [6.45, 7) is 9.49. The molecule has 30 heavy (non-hydrogen) atoms. The predicted molar refractivity (Wildman–Crippen MR) is 120 cm³/mol. The highest BCUT2D eigenvalue weighted by molar-refractivity contribution is 5.76. The number of hydrogen-bond acceptors (Lipinski definition) is 3. The van der Waals surface area contributed by atoms with Crippen molar-refractivity contribution in [1.82, 2.24) is 20.0 Å². The lowest BCUT2D eigenvalue weighted by atomic mass is 9.89. The fraction of sp³-hybridized carbons (Fsp3) is 0.600. The van der Waals surface area contributed by atoms with Gasteiger partial charge in [-0.25, -0.2) is 0 Å². The van der Waals surface area contributed by atoms with E-state index >= 15 is 0 Å². The minimum absolute atomic E-state index is 0.323. The number of amides is 1. The van der Waals surface area contributed by atoms with Crippen LogP contribution in [0.3, 0.4) is 0 Å². The second kappa shape index (κ2) is 9.78. The van der Waals surface area contributed by atoms with Crippen molar-refractivity contribution in [2.45, 2.75) is 65.3 Å². The van der Waals surface area contributed by atoms with Crippen molar-refractivity contribution in [1.29, 1.82) is 0 Å². The summed E-state index contributed by atoms with van der Waals surface area (Å²) in [7, 11) is 0. The number of rotatable bonds is 7. The van der Waals surface area contributed by atoms with Crippen molar-refractivity contribution in [2.75, 3.05) is 26.2 Å². The lowest BCUT2D eigenvalue weighted by molar-refractivity contribution is -0.130. The van der Waals surface area contributed by atoms with E-state index in [0.717, 1.165) is 37.7 Å². The minimum atomic E-state index is 0.323. The SMILES string of the molecule is Cc1n[nH]c(C)c1CN1CCC(Cc2ccc(CCC(=O)N3CCCC3)cc2)CC1. The van der Waals surface area contributed by atoms with Crippen LogP contribution in [-0.2, 0) is 24.2 Å². The molecule has 1 aromatic heterocycles. The molecule has 5 nitrogen and oxygen atoms in total. The quantitative estimate of drug-likeness (QED) is 0.752. The Hall–Kier alpha value is -2.14. The Morgan fingerprint density at radius 2 is 1.70 bits per heavy atom. The van der Waals surface area contributed by atoms with Gasteiger partial charge in [0.1, 0.15) is 0 Å². The molecule has 0 bridgehead atoms. The molecule has 3 heterocycles. The average Bonchev–Trinajstić information content (AvgIpc) is 3.41. The summed E-state index contributed by atoms with van der Waals surface area (Å²) in [5.41, 5.74) is 6.43. The van der Waals surface area contributed by atoms with Crippen molar-refractivity contribution in [3.8, 4) is 0 Å². The zero-order valence-corrected chi connectivity index (χ0v) is 18.6. The van der Waals surface area contributed by atoms with E-state index < -0.39 is 0 Å². The van der Waals surface area contributed by atoms with Crippen LogP contribution in [0, 0.1) is 19.8 Å². The Kier molecular flexibility index (Phi) is 6.88. The number of benzene rings is 1. The molecule has 162 valence electrons. The molecule has 0 saturated carbocycles. The topological polar surface area (TPSA) is 52.2 Å². The number of nitrogens with one attached hydrogen (secondary N) is 1. The first-order valence-electron chi connectivity index (χ1n) is 11.7. The van der Waals surface area contributed by atoms with Crippen molar-refractivity contribution in [3.05, 3.63) is 52.3 Å². The number of aromatic amines is 1. The molecule has 0 unspecified atom stereocenters. The van der Waals surface area contributed by atoms with E-state index in [4.69, 9.17) is 0 Å². The smallest absolute Gasteiger partial charge is 0.222 e. The molecule has 0 aliphatic carbocycles. The van der Waals surface area contributed by atoms with Crippen LogP contribution in [0.15, 0.2) is 24.3 Å². The molecular formula is C25H36N4O. The predicted octanol–water partition coefficient (Wildman–Crippen LogP) is 4.04. The first kappa shape index (κ1) is 21.1. The Morgan fingerprint density at radius 3 is 2.33 bits per heavy atom. The van der Waals surface area contributed by atoms with Crippen LogP contribution in [0.25, 0.3) is 0 Å². The van der Waals surface area contributed by atoms with Gasteiger partial charge in [0.05, 0.1) is 5.69 Å². The van der Waals surface area contributed by atoms with Crippen LogP contribution in [0.4, 0.5) is 0 Å². The van der Waals surface area contributed by atoms with E-state index in [0.29, 0.717) is 12.3 Å². The largest absolute Gasteiger partial charge is 0.343 e. The summed E-state index contributed by atoms with van der Waals surface area (Å²) >= 11 is 0. The Labute approximate surface area is 180 Å². The minimum Gasteiger partial charge on any atom is -0.343 e. The molecule has 1 amide bonds. The molecule has 2 aliphatic rings. The van der Waals surface area contributed by atoms with Crippen molar-refractivity contribution in [3.63, 3.8) is 0 Å². The van der Waals surface area contributed by atoms with E-state index in [2.05, 4.69) is 53.2 Å². The second-order valence-electron chi connectivity index (χ2n) is 9.24. The van der Waals surface area contributed by atoms with Gasteiger partial charge in [-0.15, -0.1) is 0 Å². The third-order valence-corrected chi connectivity index (χ3v) is 7.00. The third kappa shape index (κ3) is 5.31. The van der Waals surface area contributed by atoms with Crippen LogP contribution < -0.4 is 0 Å². The zero-order valence-electron chi connectivity index (χ0n) is 18.6. The number of aromatic nitrogens is 2. The van der Waals surface area contributed by atoms with Gasteiger partial charge in [-0.3, -0.25) is 14.8 Å². The van der Waals surface area contributed by atoms with Crippen LogP contribution in [0.5, 0.6) is 0 Å². The molecule has 2 aromatic rings. The first-order valence-corrected chi connectivity index (χ1v) is 11.7. The average molecular weight is 409 g/mol. The molecule has 0 radical (unpaired) electrons. The van der Waals surface area contributed by atoms with E-state index in [9.17, 15) is 4.79 Å². The number of likely N-dealkylation sites (tertiary alicyclic amines) is 2. The Balaban J connectivity index is 1.20. The van der Waals surface area contributed by atoms with Gasteiger partial charge >= 0.3 is 0 Å². The summed E-state index contributed by atoms with van der Waals surface area (Å²) in [6.07, 6.45) is 7.55. The standard InChI is InChI=1S/C25H36N4O/c1-19-24(20(2)27-26-19)18-28-15-11-23(12-16-28)17-22-7-5-21(6-8-22)9-10-25(30)29-13-3-4-14-29/h5-8,23H,3-4,9-18H2,1-2H3,(H,26,27). The summed E-state index contributed by atoms with van der Waals surface area (Å²) in [5, 5.41) is 7.43. The summed E-state index contributed by atoms with van der Waals surface area (Å²) in [6, 6.07) is 9.01. The molecule has 4 rings (SSSR count). The molecule has 2 saturated heterocycles. The molecule has 2 fully saturated rings. The Morgan fingerprint density at radius 1 is 1.03 bits per heavy atom. The number of piperidine rings is 1. The number of carbonyl (C=O) groups excluding carboxylic acids is 1. The van der Waals surface area contributed by atoms with Crippen molar-refractivity contribution >= 4 is 5.91 Å². The normalized spacial score (nSPS) is 18.3. The van der Waals surface area contributed by atoms with Crippen LogP contribution in [-0.4, -0.2) is 52.1 Å². The van der Waals surface area contributed by atoms with Crippen LogP contribution in [0.2, 0.25) is 0 Å². The number of hydrogen-bond donors (Lipinski definition) is 1. The maximum Gasteiger partial charge on any atom is 0.222 e. The highest BCUT2D eigenvalue weighted by Gasteiger charge is 2.21. The maximum absolute atomic E-state index is 12.2. The van der Waals surface area contributed by atoms with Crippen molar-refractivity contribution in [2.24, 2.45) is 5.92 Å². The summed E-state index contributed by atoms with van der Waals surface area (Å²) in [4.78, 5) is 16.8. The molecular weight excluding hydrogens is 372 g/mol. The lowest BCUT2D eigenvalue weighted by Crippen LogP contribution is -2.34. The Bertz CT molecular complexity index is 808. The molecule has 0 atom stereocenters. The molecule has 2 aliphatic heterocycles. The van der Waals surface area contributed by atoms with Gasteiger partial charge in [-0.05, 0) is 82.5 Å². The molecule has 0 spiro atoms. The summed E-state index contributed by atoms with van der Waals surface area (Å²) in [5.74, 6) is 1.10. The first-order chi connectivity index (χ1) is 14.6. The van der Waals surface area contributed by atoms with Gasteiger partial charge in [0.25, 0.3) is 0 Å². The number of nitrogens with zero attached hydrogens (tertiary/aromatic N) is 3. The lowest BCUT2D eigenvalue weighted by Gasteiger charge is -2.32. The van der Waals surface area contributed by atoms with Gasteiger partial charge in [0.15, 0.2) is 0 Å². The van der Waals surface area contributed by atoms with E-state index in [-0.39, 0.29) is 0 Å². The fourth-order valence-corrected chi connectivity index (χ4v) is 4.93. The fourth-order valence-electron chi connectivity index (χ4n) is 4.93. The van der Waals surface area contributed by atoms with Gasteiger partial charge in [0, 0.05) is 37.3 Å². The monoisotopic (exact) mass is 408 g/mol. The number of carbonyl (C=O) groups is 1. The van der Waals surface area contributed by atoms with Gasteiger partial charge < -0.3 is 4.90 Å². The van der Waals surface area contributed by atoms with E-state index in [1.54, 1.807) is 0 Å². The van der Waals surface area contributed by atoms with Gasteiger partial charge in [0.2, 0.25) is 5.91 Å². The number of H-pyrrole nitrogens is 1. The zero-order chi connectivity index (χ0) is 20.9. The highest BCUT2D eigenvalue weighted by atomic mass is 16.2. The van der Waals surface area contributed by atoms with Gasteiger partial charge in [-0.1, -0.05) is 24.3 Å². The molecule has 5 heteroatoms. The second-order valence-corrected chi connectivity index (χ2v) is 9.24. The van der Waals surface area contributed by atoms with Crippen LogP contribution >= 0.6 is 0 Å². The summed E-state index contributed by atoms with van der Waals surface area (Å²) < 4.78 is 0. The van der Waals surface area contributed by atoms with Crippen molar-refractivity contribution < 1.29 is 4.79 Å². The van der Waals surface area contributed by atoms with Crippen LogP contribution in [0.1, 0.15) is 60.2 Å². The molecule has 1 N–H and O–H groups in total. The van der Waals surface area contributed by atoms with Gasteiger partial charge in [-0.2, -0.15) is 5.10 Å².